The van der Waals surface area contributed by atoms with Gasteiger partial charge in [-0.2, -0.15) is 0 Å². The summed E-state index contributed by atoms with van der Waals surface area (Å²) in [4.78, 5) is 23.7. The van der Waals surface area contributed by atoms with Crippen LogP contribution in [-0.4, -0.2) is 35.1 Å². The van der Waals surface area contributed by atoms with Crippen molar-refractivity contribution in [2.24, 2.45) is 0 Å². The number of nitrogens with one attached hydrogen (secondary N) is 1. The molecule has 1 rings (SSSR count). The van der Waals surface area contributed by atoms with E-state index in [4.69, 9.17) is 11.5 Å². The maximum atomic E-state index is 12.0. The van der Waals surface area contributed by atoms with Gasteiger partial charge in [-0.15, -0.1) is 6.42 Å². The normalized spacial score (nSPS) is 9.90. The van der Waals surface area contributed by atoms with Crippen molar-refractivity contribution in [1.82, 2.24) is 4.90 Å². The molecule has 1 aromatic rings. The van der Waals surface area contributed by atoms with Crippen LogP contribution in [0.2, 0.25) is 0 Å². The summed E-state index contributed by atoms with van der Waals surface area (Å²) in [5.41, 5.74) is 1.71. The Morgan fingerprint density at radius 2 is 2.15 bits per heavy atom. The minimum atomic E-state index is -1.11. The number of terminal acetylenes is 1. The van der Waals surface area contributed by atoms with E-state index in [1.165, 1.54) is 0 Å². The molecule has 2 amide bonds. The van der Waals surface area contributed by atoms with Crippen molar-refractivity contribution in [3.05, 3.63) is 29.8 Å². The number of benzene rings is 1. The van der Waals surface area contributed by atoms with Gasteiger partial charge >= 0.3 is 12.0 Å². The lowest BCUT2D eigenvalue weighted by Gasteiger charge is -2.19. The third kappa shape index (κ3) is 4.65. The molecule has 0 aliphatic carbocycles. The van der Waals surface area contributed by atoms with Crippen molar-refractivity contribution in [1.29, 1.82) is 0 Å². The summed E-state index contributed by atoms with van der Waals surface area (Å²) in [6.07, 6.45) is 5.14. The van der Waals surface area contributed by atoms with Crippen LogP contribution in [0.5, 0.6) is 0 Å². The van der Waals surface area contributed by atoms with Gasteiger partial charge in [0.2, 0.25) is 0 Å². The predicted molar refractivity (Wildman–Crippen MR) is 77.6 cm³/mol. The topological polar surface area (TPSA) is 69.6 Å². The Morgan fingerprint density at radius 3 is 2.70 bits per heavy atom. The van der Waals surface area contributed by atoms with Crippen LogP contribution >= 0.6 is 0 Å². The van der Waals surface area contributed by atoms with Crippen LogP contribution in [0.4, 0.5) is 10.5 Å². The molecule has 0 aromatic heterocycles. The molecule has 0 radical (unpaired) electrons. The van der Waals surface area contributed by atoms with Crippen molar-refractivity contribution in [2.75, 3.05) is 18.4 Å². The largest absolute Gasteiger partial charge is 0.480 e. The monoisotopic (exact) mass is 274 g/mol. The van der Waals surface area contributed by atoms with Crippen LogP contribution in [-0.2, 0) is 4.79 Å². The number of hydrogen-bond donors (Lipinski definition) is 2. The maximum absolute atomic E-state index is 12.0. The van der Waals surface area contributed by atoms with E-state index in [0.29, 0.717) is 11.6 Å². The molecule has 2 N–H and O–H groups in total. The molecular formula is C15H18N2O3. The van der Waals surface area contributed by atoms with Gasteiger partial charge in [-0.3, -0.25) is 4.79 Å². The summed E-state index contributed by atoms with van der Waals surface area (Å²) in [5.74, 6) is 1.51. The molecule has 0 fully saturated rings. The van der Waals surface area contributed by atoms with E-state index < -0.39 is 18.5 Å². The first-order valence-electron chi connectivity index (χ1n) is 6.25. The zero-order chi connectivity index (χ0) is 15.1. The summed E-state index contributed by atoms with van der Waals surface area (Å²) in [6.45, 7) is 3.62. The Kier molecular flexibility index (Phi) is 5.60. The molecule has 0 aliphatic heterocycles. The fraction of sp³-hybridized carbons (Fsp3) is 0.333. The molecule has 1 aromatic carbocycles. The quantitative estimate of drug-likeness (QED) is 0.810. The fourth-order valence-corrected chi connectivity index (χ4v) is 1.65. The molecule has 0 bridgehead atoms. The molecule has 0 spiro atoms. The van der Waals surface area contributed by atoms with Crippen LogP contribution in [0, 0.1) is 12.3 Å². The van der Waals surface area contributed by atoms with Crippen molar-refractivity contribution in [3.8, 4) is 12.3 Å². The lowest BCUT2D eigenvalue weighted by molar-refractivity contribution is -0.137. The van der Waals surface area contributed by atoms with Gasteiger partial charge in [-0.05, 0) is 23.6 Å². The number of hydrogen-bond acceptors (Lipinski definition) is 2. The average Bonchev–Trinajstić information content (AvgIpc) is 2.38. The highest BCUT2D eigenvalue weighted by Crippen LogP contribution is 2.18. The van der Waals surface area contributed by atoms with Crippen LogP contribution in [0.25, 0.3) is 0 Å². The minimum Gasteiger partial charge on any atom is -0.480 e. The Bertz CT molecular complexity index is 532. The number of carbonyl (C=O) groups is 2. The Balaban J connectivity index is 2.80. The number of urea groups is 1. The highest BCUT2D eigenvalue weighted by molar-refractivity contribution is 5.91. The molecule has 0 saturated carbocycles. The number of rotatable bonds is 5. The first-order chi connectivity index (χ1) is 9.43. The average molecular weight is 274 g/mol. The van der Waals surface area contributed by atoms with Crippen molar-refractivity contribution in [2.45, 2.75) is 19.8 Å². The van der Waals surface area contributed by atoms with Gasteiger partial charge in [-0.1, -0.05) is 31.9 Å². The van der Waals surface area contributed by atoms with E-state index in [2.05, 4.69) is 25.1 Å². The fourth-order valence-electron chi connectivity index (χ4n) is 1.65. The van der Waals surface area contributed by atoms with Crippen LogP contribution < -0.4 is 5.32 Å². The highest BCUT2D eigenvalue weighted by atomic mass is 16.4. The lowest BCUT2D eigenvalue weighted by atomic mass is 10.0. The van der Waals surface area contributed by atoms with Gasteiger partial charge in [0, 0.05) is 5.69 Å². The van der Waals surface area contributed by atoms with Gasteiger partial charge in [0.15, 0.2) is 0 Å². The summed E-state index contributed by atoms with van der Waals surface area (Å²) >= 11 is 0. The Morgan fingerprint density at radius 1 is 1.45 bits per heavy atom. The molecule has 0 heterocycles. The second kappa shape index (κ2) is 7.19. The van der Waals surface area contributed by atoms with Crippen LogP contribution in [0.3, 0.4) is 0 Å². The molecule has 0 unspecified atom stereocenters. The van der Waals surface area contributed by atoms with Crippen LogP contribution in [0.1, 0.15) is 25.3 Å². The summed E-state index contributed by atoms with van der Waals surface area (Å²) in [5, 5.41) is 11.4. The molecule has 0 aliphatic rings. The van der Waals surface area contributed by atoms with Crippen molar-refractivity contribution < 1.29 is 14.7 Å². The first-order valence-corrected chi connectivity index (χ1v) is 6.25. The molecule has 20 heavy (non-hydrogen) atoms. The highest BCUT2D eigenvalue weighted by Gasteiger charge is 2.16. The SMILES string of the molecule is C#CCN(CC(=O)O)C(=O)Nc1cccc(C(C)C)c1. The summed E-state index contributed by atoms with van der Waals surface area (Å²) in [7, 11) is 0. The number of amides is 2. The van der Waals surface area contributed by atoms with E-state index >= 15 is 0 Å². The second-order valence-electron chi connectivity index (χ2n) is 4.66. The number of carboxylic acids is 1. The summed E-state index contributed by atoms with van der Waals surface area (Å²) in [6, 6.07) is 6.90. The van der Waals surface area contributed by atoms with Crippen molar-refractivity contribution in [3.63, 3.8) is 0 Å². The number of carbonyl (C=O) groups excluding carboxylic acids is 1. The minimum absolute atomic E-state index is 0.0536. The van der Waals surface area contributed by atoms with Gasteiger partial charge in [0.1, 0.15) is 6.54 Å². The molecule has 5 heteroatoms. The molecule has 106 valence electrons. The predicted octanol–water partition coefficient (Wildman–Crippen LogP) is 2.36. The van der Waals surface area contributed by atoms with E-state index in [1.54, 1.807) is 6.07 Å². The van der Waals surface area contributed by atoms with Gasteiger partial charge < -0.3 is 15.3 Å². The van der Waals surface area contributed by atoms with Crippen molar-refractivity contribution >= 4 is 17.7 Å². The second-order valence-corrected chi connectivity index (χ2v) is 4.66. The summed E-state index contributed by atoms with van der Waals surface area (Å²) < 4.78 is 0. The number of aliphatic carboxylic acids is 1. The Labute approximate surface area is 118 Å². The number of carboxylic acid groups (broad SMARTS) is 1. The maximum Gasteiger partial charge on any atom is 0.323 e. The van der Waals surface area contributed by atoms with E-state index in [0.717, 1.165) is 10.5 Å². The zero-order valence-electron chi connectivity index (χ0n) is 11.6. The first kappa shape index (κ1) is 15.6. The van der Waals surface area contributed by atoms with E-state index in [9.17, 15) is 9.59 Å². The number of anilines is 1. The van der Waals surface area contributed by atoms with E-state index in [1.807, 2.05) is 18.2 Å². The third-order valence-corrected chi connectivity index (χ3v) is 2.70. The Hall–Kier alpha value is -2.48. The molecular weight excluding hydrogens is 256 g/mol. The zero-order valence-corrected chi connectivity index (χ0v) is 11.6. The number of nitrogens with zero attached hydrogens (tertiary/aromatic N) is 1. The van der Waals surface area contributed by atoms with E-state index in [-0.39, 0.29) is 6.54 Å². The van der Waals surface area contributed by atoms with Crippen LogP contribution in [0.15, 0.2) is 24.3 Å². The molecule has 5 nitrogen and oxygen atoms in total. The lowest BCUT2D eigenvalue weighted by Crippen LogP contribution is -2.39. The van der Waals surface area contributed by atoms with Gasteiger partial charge in [-0.25, -0.2) is 4.79 Å². The molecule has 0 saturated heterocycles. The van der Waals surface area contributed by atoms with Gasteiger partial charge in [0.05, 0.1) is 6.54 Å². The standard InChI is InChI=1S/C15H18N2O3/c1-4-8-17(10-14(18)19)15(20)16-13-7-5-6-12(9-13)11(2)3/h1,5-7,9,11H,8,10H2,2-3H3,(H,16,20)(H,18,19). The third-order valence-electron chi connectivity index (χ3n) is 2.70. The molecule has 0 atom stereocenters. The van der Waals surface area contributed by atoms with Gasteiger partial charge in [0.25, 0.3) is 0 Å². The smallest absolute Gasteiger partial charge is 0.323 e.